The molecule has 0 saturated heterocycles. The van der Waals surface area contributed by atoms with Crippen LogP contribution in [0.4, 0.5) is 5.69 Å². The van der Waals surface area contributed by atoms with Crippen molar-refractivity contribution < 1.29 is 19.1 Å². The number of anilines is 1. The van der Waals surface area contributed by atoms with Gasteiger partial charge in [0.25, 0.3) is 5.91 Å². The third-order valence-corrected chi connectivity index (χ3v) is 4.30. The van der Waals surface area contributed by atoms with Gasteiger partial charge in [0.1, 0.15) is 11.5 Å². The van der Waals surface area contributed by atoms with Crippen molar-refractivity contribution in [1.29, 1.82) is 0 Å². The first-order chi connectivity index (χ1) is 13.3. The van der Waals surface area contributed by atoms with E-state index >= 15 is 0 Å². The Hall–Kier alpha value is -2.73. The molecule has 6 nitrogen and oxygen atoms in total. The molecule has 0 spiro atoms. The quantitative estimate of drug-likeness (QED) is 0.695. The Morgan fingerprint density at radius 2 is 1.68 bits per heavy atom. The second-order valence-corrected chi connectivity index (χ2v) is 7.00. The molecule has 0 aliphatic rings. The van der Waals surface area contributed by atoms with Crippen LogP contribution in [0.2, 0.25) is 5.02 Å². The topological polar surface area (TPSA) is 76.7 Å². The number of aryl methyl sites for hydroxylation is 1. The van der Waals surface area contributed by atoms with Crippen molar-refractivity contribution in [2.24, 2.45) is 0 Å². The normalized spacial score (nSPS) is 10.5. The smallest absolute Gasteiger partial charge is 0.251 e. The third kappa shape index (κ3) is 6.16. The van der Waals surface area contributed by atoms with Crippen molar-refractivity contribution in [1.82, 2.24) is 5.32 Å². The Bertz CT molecular complexity index is 830. The highest BCUT2D eigenvalue weighted by molar-refractivity contribution is 6.33. The lowest BCUT2D eigenvalue weighted by molar-refractivity contribution is -0.116. The van der Waals surface area contributed by atoms with Gasteiger partial charge in [0, 0.05) is 24.1 Å². The molecule has 2 N–H and O–H groups in total. The van der Waals surface area contributed by atoms with E-state index in [9.17, 15) is 9.59 Å². The van der Waals surface area contributed by atoms with E-state index in [0.717, 1.165) is 5.56 Å². The molecule has 0 aliphatic heterocycles. The first-order valence-corrected chi connectivity index (χ1v) is 9.32. The van der Waals surface area contributed by atoms with Gasteiger partial charge in [-0.25, -0.2) is 0 Å². The van der Waals surface area contributed by atoms with E-state index in [1.165, 1.54) is 0 Å². The summed E-state index contributed by atoms with van der Waals surface area (Å²) in [6.45, 7) is 3.76. The highest BCUT2D eigenvalue weighted by Crippen LogP contribution is 2.25. The van der Waals surface area contributed by atoms with Crippen LogP contribution in [0, 0.1) is 0 Å². The molecule has 0 bridgehead atoms. The van der Waals surface area contributed by atoms with Crippen LogP contribution in [0.3, 0.4) is 0 Å². The average Bonchev–Trinajstić information content (AvgIpc) is 2.67. The molecule has 7 heteroatoms. The van der Waals surface area contributed by atoms with Crippen molar-refractivity contribution in [3.63, 3.8) is 0 Å². The Kier molecular flexibility index (Phi) is 7.70. The van der Waals surface area contributed by atoms with Crippen LogP contribution in [0.15, 0.2) is 36.4 Å². The maximum absolute atomic E-state index is 12.4. The molecular weight excluding hydrogens is 380 g/mol. The van der Waals surface area contributed by atoms with Crippen LogP contribution in [-0.4, -0.2) is 32.1 Å². The molecule has 28 heavy (non-hydrogen) atoms. The van der Waals surface area contributed by atoms with E-state index in [1.54, 1.807) is 38.5 Å². The monoisotopic (exact) mass is 404 g/mol. The lowest BCUT2D eigenvalue weighted by atomic mass is 10.1. The van der Waals surface area contributed by atoms with Gasteiger partial charge in [0.2, 0.25) is 5.91 Å². The minimum Gasteiger partial charge on any atom is -0.497 e. The molecule has 2 rings (SSSR count). The minimum atomic E-state index is -0.217. The van der Waals surface area contributed by atoms with Gasteiger partial charge in [-0.05, 0) is 56.2 Å². The van der Waals surface area contributed by atoms with Crippen LogP contribution in [-0.2, 0) is 11.2 Å². The number of methoxy groups -OCH3 is 2. The van der Waals surface area contributed by atoms with Crippen LogP contribution < -0.4 is 20.1 Å². The van der Waals surface area contributed by atoms with Gasteiger partial charge in [-0.2, -0.15) is 0 Å². The molecular formula is C21H25ClN2O4. The standard InChI is InChI=1S/C21H25ClN2O4/c1-13(2)23-21(26)15-6-7-18(22)19(11-15)24-20(25)8-5-14-9-16(27-3)12-17(10-14)28-4/h6-7,9-13H,5,8H2,1-4H3,(H,23,26)(H,24,25). The predicted molar refractivity (Wildman–Crippen MR) is 111 cm³/mol. The predicted octanol–water partition coefficient (Wildman–Crippen LogP) is 4.07. The van der Waals surface area contributed by atoms with Gasteiger partial charge >= 0.3 is 0 Å². The van der Waals surface area contributed by atoms with E-state index in [-0.39, 0.29) is 24.3 Å². The van der Waals surface area contributed by atoms with Gasteiger partial charge in [-0.1, -0.05) is 11.6 Å². The summed E-state index contributed by atoms with van der Waals surface area (Å²) >= 11 is 6.17. The van der Waals surface area contributed by atoms with E-state index in [1.807, 2.05) is 26.0 Å². The molecule has 0 atom stereocenters. The Balaban J connectivity index is 2.04. The highest BCUT2D eigenvalue weighted by Gasteiger charge is 2.12. The van der Waals surface area contributed by atoms with Crippen molar-refractivity contribution in [3.8, 4) is 11.5 Å². The minimum absolute atomic E-state index is 0.0149. The number of hydrogen-bond acceptors (Lipinski definition) is 4. The Labute approximate surface area is 170 Å². The number of halogens is 1. The van der Waals surface area contributed by atoms with E-state index in [0.29, 0.717) is 34.2 Å². The molecule has 2 aromatic carbocycles. The van der Waals surface area contributed by atoms with Gasteiger partial charge in [0.15, 0.2) is 0 Å². The molecule has 0 heterocycles. The van der Waals surface area contributed by atoms with Gasteiger partial charge < -0.3 is 20.1 Å². The molecule has 0 saturated carbocycles. The summed E-state index contributed by atoms with van der Waals surface area (Å²) in [4.78, 5) is 24.5. The first kappa shape index (κ1) is 21.6. The lowest BCUT2D eigenvalue weighted by Crippen LogP contribution is -2.30. The highest BCUT2D eigenvalue weighted by atomic mass is 35.5. The summed E-state index contributed by atoms with van der Waals surface area (Å²) in [6.07, 6.45) is 0.750. The number of ether oxygens (including phenoxy) is 2. The number of carbonyl (C=O) groups excluding carboxylic acids is 2. The largest absolute Gasteiger partial charge is 0.497 e. The zero-order valence-electron chi connectivity index (χ0n) is 16.5. The second kappa shape index (κ2) is 9.99. The zero-order valence-corrected chi connectivity index (χ0v) is 17.2. The molecule has 150 valence electrons. The van der Waals surface area contributed by atoms with Crippen LogP contribution in [0.25, 0.3) is 0 Å². The SMILES string of the molecule is COc1cc(CCC(=O)Nc2cc(C(=O)NC(C)C)ccc2Cl)cc(OC)c1. The maximum Gasteiger partial charge on any atom is 0.251 e. The number of nitrogens with one attached hydrogen (secondary N) is 2. The molecule has 0 radical (unpaired) electrons. The van der Waals surface area contributed by atoms with Crippen molar-refractivity contribution in [3.05, 3.63) is 52.5 Å². The van der Waals surface area contributed by atoms with Crippen molar-refractivity contribution in [2.45, 2.75) is 32.7 Å². The number of rotatable bonds is 8. The molecule has 0 aromatic heterocycles. The number of benzene rings is 2. The van der Waals surface area contributed by atoms with Gasteiger partial charge in [-0.15, -0.1) is 0 Å². The number of amides is 2. The lowest BCUT2D eigenvalue weighted by Gasteiger charge is -2.12. The van der Waals surface area contributed by atoms with Crippen LogP contribution in [0.1, 0.15) is 36.2 Å². The fourth-order valence-electron chi connectivity index (χ4n) is 2.59. The molecule has 0 unspecified atom stereocenters. The maximum atomic E-state index is 12.4. The summed E-state index contributed by atoms with van der Waals surface area (Å²) in [5.41, 5.74) is 1.76. The summed E-state index contributed by atoms with van der Waals surface area (Å²) in [7, 11) is 3.16. The summed E-state index contributed by atoms with van der Waals surface area (Å²) in [5, 5.41) is 5.95. The fourth-order valence-corrected chi connectivity index (χ4v) is 2.75. The molecule has 2 amide bonds. The molecule has 2 aromatic rings. The average molecular weight is 405 g/mol. The third-order valence-electron chi connectivity index (χ3n) is 3.97. The van der Waals surface area contributed by atoms with Gasteiger partial charge in [-0.3, -0.25) is 9.59 Å². The summed E-state index contributed by atoms with van der Waals surface area (Å²) in [5.74, 6) is 0.916. The number of carbonyl (C=O) groups is 2. The van der Waals surface area contributed by atoms with E-state index in [4.69, 9.17) is 21.1 Å². The first-order valence-electron chi connectivity index (χ1n) is 8.94. The van der Waals surface area contributed by atoms with E-state index < -0.39 is 0 Å². The van der Waals surface area contributed by atoms with Crippen molar-refractivity contribution >= 4 is 29.1 Å². The molecule has 0 aliphatic carbocycles. The zero-order chi connectivity index (χ0) is 20.7. The van der Waals surface area contributed by atoms with Gasteiger partial charge in [0.05, 0.1) is 24.9 Å². The summed E-state index contributed by atoms with van der Waals surface area (Å²) < 4.78 is 10.5. The summed E-state index contributed by atoms with van der Waals surface area (Å²) in [6, 6.07) is 10.3. The van der Waals surface area contributed by atoms with Crippen LogP contribution >= 0.6 is 11.6 Å². The van der Waals surface area contributed by atoms with Crippen LogP contribution in [0.5, 0.6) is 11.5 Å². The fraction of sp³-hybridized carbons (Fsp3) is 0.333. The Morgan fingerprint density at radius 1 is 1.04 bits per heavy atom. The van der Waals surface area contributed by atoms with Crippen molar-refractivity contribution in [2.75, 3.05) is 19.5 Å². The second-order valence-electron chi connectivity index (χ2n) is 6.59. The molecule has 0 fully saturated rings. The Morgan fingerprint density at radius 3 is 2.25 bits per heavy atom. The van der Waals surface area contributed by atoms with E-state index in [2.05, 4.69) is 10.6 Å². The number of hydrogen-bond donors (Lipinski definition) is 2.